The highest BCUT2D eigenvalue weighted by molar-refractivity contribution is 7.10. The van der Waals surface area contributed by atoms with E-state index < -0.39 is 5.60 Å². The summed E-state index contributed by atoms with van der Waals surface area (Å²) < 4.78 is 0. The number of hydrogen-bond donors (Lipinski definition) is 1. The lowest BCUT2D eigenvalue weighted by Gasteiger charge is -2.34. The van der Waals surface area contributed by atoms with Crippen molar-refractivity contribution in [3.8, 4) is 0 Å². The van der Waals surface area contributed by atoms with Gasteiger partial charge in [0.25, 0.3) is 0 Å². The highest BCUT2D eigenvalue weighted by atomic mass is 35.5. The van der Waals surface area contributed by atoms with Gasteiger partial charge in [-0.2, -0.15) is 0 Å². The minimum Gasteiger partial charge on any atom is -0.380 e. The van der Waals surface area contributed by atoms with Gasteiger partial charge >= 0.3 is 0 Å². The predicted molar refractivity (Wildman–Crippen MR) is 65.4 cm³/mol. The summed E-state index contributed by atoms with van der Waals surface area (Å²) in [4.78, 5) is 0.871. The molecule has 0 radical (unpaired) electrons. The van der Waals surface area contributed by atoms with Gasteiger partial charge in [-0.1, -0.05) is 37.6 Å². The number of rotatable bonds is 1. The van der Waals surface area contributed by atoms with Crippen molar-refractivity contribution in [1.82, 2.24) is 0 Å². The molecule has 1 aliphatic rings. The molecule has 0 saturated heterocycles. The zero-order valence-electron chi connectivity index (χ0n) is 8.96. The Bertz CT molecular complexity index is 394. The van der Waals surface area contributed by atoms with Gasteiger partial charge in [0.2, 0.25) is 0 Å². The summed E-state index contributed by atoms with van der Waals surface area (Å²) in [6.45, 7) is 4.36. The fraction of sp³-hybridized carbons (Fsp3) is 0.500. The molecule has 1 aromatic heterocycles. The fourth-order valence-corrected chi connectivity index (χ4v) is 3.16. The molecule has 1 N–H and O–H groups in total. The van der Waals surface area contributed by atoms with E-state index in [0.29, 0.717) is 5.02 Å². The molecule has 1 unspecified atom stereocenters. The first-order valence-corrected chi connectivity index (χ1v) is 6.35. The second-order valence-corrected chi connectivity index (χ2v) is 6.17. The van der Waals surface area contributed by atoms with Crippen molar-refractivity contribution in [2.24, 2.45) is 5.41 Å². The summed E-state index contributed by atoms with van der Waals surface area (Å²) in [7, 11) is 0. The van der Waals surface area contributed by atoms with Crippen LogP contribution in [0.25, 0.3) is 0 Å². The van der Waals surface area contributed by atoms with E-state index in [0.717, 1.165) is 17.7 Å². The number of halogens is 1. The molecular formula is C12H15ClOS. The summed E-state index contributed by atoms with van der Waals surface area (Å²) in [5.41, 5.74) is -0.656. The van der Waals surface area contributed by atoms with Crippen LogP contribution in [0.15, 0.2) is 23.6 Å². The van der Waals surface area contributed by atoms with Gasteiger partial charge in [-0.3, -0.25) is 0 Å². The molecule has 2 rings (SSSR count). The van der Waals surface area contributed by atoms with Gasteiger partial charge < -0.3 is 5.11 Å². The second kappa shape index (κ2) is 3.62. The Morgan fingerprint density at radius 2 is 2.07 bits per heavy atom. The maximum Gasteiger partial charge on any atom is 0.118 e. The van der Waals surface area contributed by atoms with Crippen molar-refractivity contribution in [2.75, 3.05) is 0 Å². The third-order valence-corrected chi connectivity index (χ3v) is 4.48. The molecule has 0 saturated carbocycles. The van der Waals surface area contributed by atoms with Crippen molar-refractivity contribution >= 4 is 22.9 Å². The van der Waals surface area contributed by atoms with Crippen LogP contribution in [-0.2, 0) is 5.60 Å². The molecule has 15 heavy (non-hydrogen) atoms. The highest BCUT2D eigenvalue weighted by Gasteiger charge is 2.35. The monoisotopic (exact) mass is 242 g/mol. The molecule has 0 bridgehead atoms. The molecule has 1 atom stereocenters. The van der Waals surface area contributed by atoms with Crippen LogP contribution in [0, 0.1) is 5.41 Å². The smallest absolute Gasteiger partial charge is 0.118 e. The summed E-state index contributed by atoms with van der Waals surface area (Å²) >= 11 is 7.57. The van der Waals surface area contributed by atoms with Crippen LogP contribution in [0.1, 0.15) is 31.6 Å². The molecule has 82 valence electrons. The molecule has 0 aliphatic heterocycles. The zero-order chi connectivity index (χ0) is 11.1. The van der Waals surface area contributed by atoms with Crippen LogP contribution < -0.4 is 0 Å². The molecule has 0 aromatic carbocycles. The minimum absolute atomic E-state index is 0.190. The largest absolute Gasteiger partial charge is 0.380 e. The Morgan fingerprint density at radius 3 is 2.53 bits per heavy atom. The third-order valence-electron chi connectivity index (χ3n) is 2.97. The summed E-state index contributed by atoms with van der Waals surface area (Å²) in [5.74, 6) is 0. The van der Waals surface area contributed by atoms with Gasteiger partial charge in [0.1, 0.15) is 5.60 Å². The van der Waals surface area contributed by atoms with E-state index in [1.807, 2.05) is 17.5 Å². The predicted octanol–water partition coefficient (Wildman–Crippen LogP) is 3.97. The minimum atomic E-state index is -0.846. The maximum atomic E-state index is 10.5. The van der Waals surface area contributed by atoms with Gasteiger partial charge in [-0.25, -0.2) is 0 Å². The van der Waals surface area contributed by atoms with E-state index in [-0.39, 0.29) is 5.41 Å². The van der Waals surface area contributed by atoms with Gasteiger partial charge in [0, 0.05) is 0 Å². The van der Waals surface area contributed by atoms with Crippen LogP contribution in [0.2, 0.25) is 5.02 Å². The molecule has 1 aliphatic carbocycles. The number of allylic oxidation sites excluding steroid dienone is 1. The lowest BCUT2D eigenvalue weighted by molar-refractivity contribution is 0.0617. The Kier molecular flexibility index (Phi) is 2.70. The van der Waals surface area contributed by atoms with E-state index >= 15 is 0 Å². The number of thiophene rings is 1. The topological polar surface area (TPSA) is 20.2 Å². The van der Waals surface area contributed by atoms with E-state index in [9.17, 15) is 5.11 Å². The van der Waals surface area contributed by atoms with Crippen LogP contribution >= 0.6 is 22.9 Å². The van der Waals surface area contributed by atoms with Crippen molar-refractivity contribution in [3.63, 3.8) is 0 Å². The van der Waals surface area contributed by atoms with Gasteiger partial charge in [-0.15, -0.1) is 11.3 Å². The Morgan fingerprint density at radius 1 is 1.33 bits per heavy atom. The summed E-state index contributed by atoms with van der Waals surface area (Å²) in [5, 5.41) is 13.1. The molecule has 0 spiro atoms. The van der Waals surface area contributed by atoms with Crippen molar-refractivity contribution in [2.45, 2.75) is 32.3 Å². The van der Waals surface area contributed by atoms with Crippen molar-refractivity contribution in [3.05, 3.63) is 33.5 Å². The Labute approximate surface area is 99.4 Å². The van der Waals surface area contributed by atoms with Crippen molar-refractivity contribution in [1.29, 1.82) is 0 Å². The Hall–Kier alpha value is -0.310. The van der Waals surface area contributed by atoms with Crippen LogP contribution in [0.5, 0.6) is 0 Å². The van der Waals surface area contributed by atoms with Crippen LogP contribution in [0.4, 0.5) is 0 Å². The van der Waals surface area contributed by atoms with Crippen molar-refractivity contribution < 1.29 is 5.11 Å². The quantitative estimate of drug-likeness (QED) is 0.739. The molecule has 1 aromatic rings. The van der Waals surface area contributed by atoms with Gasteiger partial charge in [0.05, 0.1) is 9.90 Å². The molecule has 1 nitrogen and oxygen atoms in total. The molecule has 3 heteroatoms. The lowest BCUT2D eigenvalue weighted by Crippen LogP contribution is -2.29. The Balaban J connectivity index is 2.35. The molecule has 0 amide bonds. The average molecular weight is 243 g/mol. The van der Waals surface area contributed by atoms with E-state index in [4.69, 9.17) is 11.6 Å². The standard InChI is InChI=1S/C12H15ClOS/c1-11(2)4-6-12(14,7-5-11)10-9(13)3-8-15-10/h3-4,6,8,14H,5,7H2,1-2H3. The van der Waals surface area contributed by atoms with Gasteiger partial charge in [0.15, 0.2) is 0 Å². The summed E-state index contributed by atoms with van der Waals surface area (Å²) in [6.07, 6.45) is 5.71. The lowest BCUT2D eigenvalue weighted by atomic mass is 9.76. The van der Waals surface area contributed by atoms with Crippen LogP contribution in [0.3, 0.4) is 0 Å². The average Bonchev–Trinajstić information content (AvgIpc) is 2.58. The molecular weight excluding hydrogens is 228 g/mol. The summed E-state index contributed by atoms with van der Waals surface area (Å²) in [6, 6.07) is 1.84. The highest BCUT2D eigenvalue weighted by Crippen LogP contribution is 2.43. The number of aliphatic hydroxyl groups is 1. The third kappa shape index (κ3) is 2.12. The first-order chi connectivity index (χ1) is 6.93. The molecule has 1 heterocycles. The SMILES string of the molecule is CC1(C)C=CC(O)(c2sccc2Cl)CC1. The van der Waals surface area contributed by atoms with E-state index in [1.54, 1.807) is 0 Å². The van der Waals surface area contributed by atoms with Crippen LogP contribution in [-0.4, -0.2) is 5.11 Å². The normalized spacial score (nSPS) is 29.3. The molecule has 0 fully saturated rings. The fourth-order valence-electron chi connectivity index (χ4n) is 1.83. The van der Waals surface area contributed by atoms with Gasteiger partial charge in [-0.05, 0) is 29.7 Å². The number of hydrogen-bond acceptors (Lipinski definition) is 2. The zero-order valence-corrected chi connectivity index (χ0v) is 10.5. The second-order valence-electron chi connectivity index (χ2n) is 4.84. The maximum absolute atomic E-state index is 10.5. The van der Waals surface area contributed by atoms with E-state index in [1.165, 1.54) is 11.3 Å². The first-order valence-electron chi connectivity index (χ1n) is 5.09. The first kappa shape index (κ1) is 11.2. The van der Waals surface area contributed by atoms with E-state index in [2.05, 4.69) is 19.9 Å².